The van der Waals surface area contributed by atoms with E-state index < -0.39 is 0 Å². The first-order valence-electron chi connectivity index (χ1n) is 8.45. The third-order valence-electron chi connectivity index (χ3n) is 3.40. The van der Waals surface area contributed by atoms with E-state index in [1.807, 2.05) is 25.1 Å². The third-order valence-corrected chi connectivity index (χ3v) is 3.40. The molecule has 24 heavy (non-hydrogen) atoms. The Hall–Kier alpha value is -2.56. The molecule has 5 nitrogen and oxygen atoms in total. The normalized spacial score (nSPS) is 11.2. The molecule has 0 unspecified atom stereocenters. The summed E-state index contributed by atoms with van der Waals surface area (Å²) in [6.45, 7) is 6.89. The van der Waals surface area contributed by atoms with Crippen LogP contribution in [0.5, 0.6) is 5.88 Å². The molecule has 2 rings (SSSR count). The van der Waals surface area contributed by atoms with Gasteiger partial charge in [-0.25, -0.2) is 9.98 Å². The summed E-state index contributed by atoms with van der Waals surface area (Å²) in [7, 11) is 0. The number of pyridine rings is 1. The van der Waals surface area contributed by atoms with Crippen LogP contribution in [0.3, 0.4) is 0 Å². The van der Waals surface area contributed by atoms with E-state index in [0.717, 1.165) is 31.0 Å². The molecule has 0 radical (unpaired) electrons. The quantitative estimate of drug-likeness (QED) is 0.578. The SMILES string of the molecule is CCNC(=NCc1ccnc(OCC)c1)NCCc1ccccc1. The van der Waals surface area contributed by atoms with Gasteiger partial charge in [0.1, 0.15) is 0 Å². The first-order valence-corrected chi connectivity index (χ1v) is 8.45. The number of ether oxygens (including phenoxy) is 1. The van der Waals surface area contributed by atoms with Crippen LogP contribution in [0.15, 0.2) is 53.7 Å². The minimum atomic E-state index is 0.587. The maximum atomic E-state index is 5.42. The van der Waals surface area contributed by atoms with Gasteiger partial charge in [0.15, 0.2) is 5.96 Å². The molecule has 0 aliphatic carbocycles. The van der Waals surface area contributed by atoms with Gasteiger partial charge in [0.25, 0.3) is 0 Å². The smallest absolute Gasteiger partial charge is 0.213 e. The zero-order chi connectivity index (χ0) is 17.0. The molecule has 5 heteroatoms. The molecule has 0 saturated heterocycles. The lowest BCUT2D eigenvalue weighted by atomic mass is 10.1. The summed E-state index contributed by atoms with van der Waals surface area (Å²) < 4.78 is 5.42. The topological polar surface area (TPSA) is 58.5 Å². The fourth-order valence-corrected chi connectivity index (χ4v) is 2.26. The van der Waals surface area contributed by atoms with Crippen molar-refractivity contribution in [1.82, 2.24) is 15.6 Å². The Morgan fingerprint density at radius 2 is 1.92 bits per heavy atom. The Morgan fingerprint density at radius 1 is 1.08 bits per heavy atom. The van der Waals surface area contributed by atoms with Gasteiger partial charge in [0.05, 0.1) is 13.2 Å². The van der Waals surface area contributed by atoms with Gasteiger partial charge in [-0.15, -0.1) is 0 Å². The van der Waals surface area contributed by atoms with Crippen molar-refractivity contribution in [3.8, 4) is 5.88 Å². The molecule has 2 aromatic rings. The van der Waals surface area contributed by atoms with Gasteiger partial charge in [-0.3, -0.25) is 0 Å². The van der Waals surface area contributed by atoms with Crippen LogP contribution in [0, 0.1) is 0 Å². The number of nitrogens with one attached hydrogen (secondary N) is 2. The molecule has 0 saturated carbocycles. The maximum Gasteiger partial charge on any atom is 0.213 e. The number of rotatable bonds is 8. The van der Waals surface area contributed by atoms with Crippen molar-refractivity contribution >= 4 is 5.96 Å². The van der Waals surface area contributed by atoms with Gasteiger partial charge in [0, 0.05) is 25.4 Å². The molecule has 0 aliphatic heterocycles. The van der Waals surface area contributed by atoms with Crippen molar-refractivity contribution in [2.45, 2.75) is 26.8 Å². The summed E-state index contributed by atoms with van der Waals surface area (Å²) in [4.78, 5) is 8.80. The lowest BCUT2D eigenvalue weighted by molar-refractivity contribution is 0.326. The Bertz CT molecular complexity index is 628. The predicted molar refractivity (Wildman–Crippen MR) is 98.4 cm³/mol. The molecule has 0 aliphatic rings. The first-order chi connectivity index (χ1) is 11.8. The molecular formula is C19H26N4O. The lowest BCUT2D eigenvalue weighted by Crippen LogP contribution is -2.38. The largest absolute Gasteiger partial charge is 0.478 e. The van der Waals surface area contributed by atoms with E-state index in [4.69, 9.17) is 4.74 Å². The van der Waals surface area contributed by atoms with Crippen LogP contribution < -0.4 is 15.4 Å². The number of aliphatic imine (C=N–C) groups is 1. The highest BCUT2D eigenvalue weighted by Gasteiger charge is 2.00. The van der Waals surface area contributed by atoms with E-state index in [0.29, 0.717) is 19.0 Å². The van der Waals surface area contributed by atoms with E-state index in [2.05, 4.69) is 51.8 Å². The molecule has 0 bridgehead atoms. The fraction of sp³-hybridized carbons (Fsp3) is 0.368. The molecule has 128 valence electrons. The highest BCUT2D eigenvalue weighted by atomic mass is 16.5. The van der Waals surface area contributed by atoms with Crippen molar-refractivity contribution in [2.75, 3.05) is 19.7 Å². The predicted octanol–water partition coefficient (Wildman–Crippen LogP) is 2.78. The zero-order valence-electron chi connectivity index (χ0n) is 14.5. The second-order valence-corrected chi connectivity index (χ2v) is 5.29. The summed E-state index contributed by atoms with van der Waals surface area (Å²) in [6.07, 6.45) is 2.72. The van der Waals surface area contributed by atoms with Gasteiger partial charge < -0.3 is 15.4 Å². The highest BCUT2D eigenvalue weighted by Crippen LogP contribution is 2.10. The monoisotopic (exact) mass is 326 g/mol. The molecule has 1 aromatic carbocycles. The number of hydrogen-bond donors (Lipinski definition) is 2. The van der Waals surface area contributed by atoms with Crippen LogP contribution in [-0.2, 0) is 13.0 Å². The Balaban J connectivity index is 1.89. The van der Waals surface area contributed by atoms with Crippen LogP contribution in [0.1, 0.15) is 25.0 Å². The standard InChI is InChI=1S/C19H26N4O/c1-3-20-19(22-13-10-16-8-6-5-7-9-16)23-15-17-11-12-21-18(14-17)24-4-2/h5-9,11-12,14H,3-4,10,13,15H2,1-2H3,(H2,20,22,23). The van der Waals surface area contributed by atoms with Crippen LogP contribution >= 0.6 is 0 Å². The van der Waals surface area contributed by atoms with Gasteiger partial charge in [-0.2, -0.15) is 0 Å². The number of guanidine groups is 1. The molecule has 0 atom stereocenters. The first kappa shape index (κ1) is 17.8. The summed E-state index contributed by atoms with van der Waals surface area (Å²) in [5.74, 6) is 1.47. The number of hydrogen-bond acceptors (Lipinski definition) is 3. The fourth-order valence-electron chi connectivity index (χ4n) is 2.26. The summed E-state index contributed by atoms with van der Waals surface area (Å²) in [6, 6.07) is 14.3. The van der Waals surface area contributed by atoms with Gasteiger partial charge in [-0.1, -0.05) is 30.3 Å². The highest BCUT2D eigenvalue weighted by molar-refractivity contribution is 5.79. The third kappa shape index (κ3) is 6.28. The van der Waals surface area contributed by atoms with Crippen molar-refractivity contribution in [2.24, 2.45) is 4.99 Å². The second-order valence-electron chi connectivity index (χ2n) is 5.29. The van der Waals surface area contributed by atoms with Gasteiger partial charge in [-0.05, 0) is 37.5 Å². The number of nitrogens with zero attached hydrogens (tertiary/aromatic N) is 2. The molecule has 0 fully saturated rings. The Labute approximate surface area is 144 Å². The molecule has 2 N–H and O–H groups in total. The second kappa shape index (κ2) is 10.3. The average molecular weight is 326 g/mol. The molecular weight excluding hydrogens is 300 g/mol. The summed E-state index contributed by atoms with van der Waals surface area (Å²) >= 11 is 0. The van der Waals surface area contributed by atoms with E-state index in [1.54, 1.807) is 6.20 Å². The Kier molecular flexibility index (Phi) is 7.60. The zero-order valence-corrected chi connectivity index (χ0v) is 14.5. The Morgan fingerprint density at radius 3 is 2.67 bits per heavy atom. The van der Waals surface area contributed by atoms with Crippen molar-refractivity contribution < 1.29 is 4.74 Å². The van der Waals surface area contributed by atoms with Crippen molar-refractivity contribution in [3.05, 3.63) is 59.8 Å². The van der Waals surface area contributed by atoms with Crippen LogP contribution in [0.25, 0.3) is 0 Å². The number of benzene rings is 1. The van der Waals surface area contributed by atoms with Crippen molar-refractivity contribution in [1.29, 1.82) is 0 Å². The van der Waals surface area contributed by atoms with E-state index >= 15 is 0 Å². The molecule has 1 heterocycles. The van der Waals surface area contributed by atoms with E-state index in [9.17, 15) is 0 Å². The van der Waals surface area contributed by atoms with E-state index in [-0.39, 0.29) is 0 Å². The van der Waals surface area contributed by atoms with Crippen LogP contribution in [0.4, 0.5) is 0 Å². The maximum absolute atomic E-state index is 5.42. The molecule has 0 amide bonds. The summed E-state index contributed by atoms with van der Waals surface area (Å²) in [5.41, 5.74) is 2.39. The van der Waals surface area contributed by atoms with Crippen LogP contribution in [-0.4, -0.2) is 30.6 Å². The lowest BCUT2D eigenvalue weighted by Gasteiger charge is -2.11. The van der Waals surface area contributed by atoms with Gasteiger partial charge >= 0.3 is 0 Å². The van der Waals surface area contributed by atoms with Gasteiger partial charge in [0.2, 0.25) is 5.88 Å². The average Bonchev–Trinajstić information content (AvgIpc) is 2.61. The molecule has 1 aromatic heterocycles. The van der Waals surface area contributed by atoms with Crippen LogP contribution in [0.2, 0.25) is 0 Å². The van der Waals surface area contributed by atoms with E-state index in [1.165, 1.54) is 5.56 Å². The minimum Gasteiger partial charge on any atom is -0.478 e. The number of aromatic nitrogens is 1. The summed E-state index contributed by atoms with van der Waals surface area (Å²) in [5, 5.41) is 6.64. The van der Waals surface area contributed by atoms with Crippen molar-refractivity contribution in [3.63, 3.8) is 0 Å². The molecule has 0 spiro atoms. The minimum absolute atomic E-state index is 0.587.